The van der Waals surface area contributed by atoms with E-state index in [0.717, 1.165) is 22.0 Å². The molecule has 0 atom stereocenters. The quantitative estimate of drug-likeness (QED) is 0.352. The SMILES string of the molecule is O=[N+]([O-])c1ncnn1CCOCCn1ncnc1[N+](=O)[O-]. The summed E-state index contributed by atoms with van der Waals surface area (Å²) < 4.78 is 7.42. The molecule has 2 aromatic heterocycles. The molecule has 0 spiro atoms. The second kappa shape index (κ2) is 6.47. The van der Waals surface area contributed by atoms with Crippen molar-refractivity contribution in [3.8, 4) is 0 Å². The highest BCUT2D eigenvalue weighted by atomic mass is 16.6. The van der Waals surface area contributed by atoms with Gasteiger partial charge in [-0.3, -0.25) is 0 Å². The van der Waals surface area contributed by atoms with E-state index < -0.39 is 9.85 Å². The lowest BCUT2D eigenvalue weighted by atomic mass is 10.6. The van der Waals surface area contributed by atoms with Crippen LogP contribution in [0.1, 0.15) is 0 Å². The van der Waals surface area contributed by atoms with Crippen LogP contribution in [0.25, 0.3) is 0 Å². The fraction of sp³-hybridized carbons (Fsp3) is 0.500. The van der Waals surface area contributed by atoms with Crippen LogP contribution in [-0.2, 0) is 17.8 Å². The molecule has 13 heteroatoms. The van der Waals surface area contributed by atoms with Gasteiger partial charge in [-0.25, -0.2) is 0 Å². The molecule has 21 heavy (non-hydrogen) atoms. The third-order valence-corrected chi connectivity index (χ3v) is 2.41. The number of hydrogen-bond acceptors (Lipinski definition) is 9. The highest BCUT2D eigenvalue weighted by molar-refractivity contribution is 5.00. The predicted octanol–water partition coefficient (Wildman–Crippen LogP) is -0.597. The van der Waals surface area contributed by atoms with Gasteiger partial charge in [0, 0.05) is 0 Å². The first-order chi connectivity index (χ1) is 10.1. The van der Waals surface area contributed by atoms with Crippen molar-refractivity contribution in [1.29, 1.82) is 0 Å². The van der Waals surface area contributed by atoms with Crippen LogP contribution in [0.2, 0.25) is 0 Å². The van der Waals surface area contributed by atoms with Gasteiger partial charge in [0.1, 0.15) is 13.1 Å². The van der Waals surface area contributed by atoms with Gasteiger partial charge in [-0.2, -0.15) is 0 Å². The first-order valence-corrected chi connectivity index (χ1v) is 5.71. The summed E-state index contributed by atoms with van der Waals surface area (Å²) in [5, 5.41) is 28.6. The molecule has 0 aliphatic heterocycles. The molecule has 0 aromatic carbocycles. The van der Waals surface area contributed by atoms with Crippen LogP contribution in [0.4, 0.5) is 11.9 Å². The monoisotopic (exact) mass is 298 g/mol. The molecule has 2 rings (SSSR count). The second-order valence-electron chi connectivity index (χ2n) is 3.69. The Labute approximate surface area is 116 Å². The molecular formula is C8H10N8O5. The van der Waals surface area contributed by atoms with Gasteiger partial charge >= 0.3 is 11.9 Å². The van der Waals surface area contributed by atoms with Crippen molar-refractivity contribution >= 4 is 11.9 Å². The topological polar surface area (TPSA) is 157 Å². The summed E-state index contributed by atoms with van der Waals surface area (Å²) in [6.07, 6.45) is 2.16. The summed E-state index contributed by atoms with van der Waals surface area (Å²) in [5.74, 6) is -0.740. The molecule has 2 heterocycles. The smallest absolute Gasteiger partial charge is 0.390 e. The van der Waals surface area contributed by atoms with Crippen LogP contribution >= 0.6 is 0 Å². The molecule has 0 N–H and O–H groups in total. The number of nitro groups is 2. The molecular weight excluding hydrogens is 288 g/mol. The summed E-state index contributed by atoms with van der Waals surface area (Å²) >= 11 is 0. The van der Waals surface area contributed by atoms with E-state index in [1.165, 1.54) is 0 Å². The van der Waals surface area contributed by atoms with E-state index in [0.29, 0.717) is 0 Å². The van der Waals surface area contributed by atoms with Crippen molar-refractivity contribution in [3.05, 3.63) is 32.9 Å². The van der Waals surface area contributed by atoms with Crippen molar-refractivity contribution in [2.75, 3.05) is 13.2 Å². The van der Waals surface area contributed by atoms with E-state index in [1.807, 2.05) is 0 Å². The molecule has 0 aliphatic carbocycles. The minimum atomic E-state index is -0.647. The van der Waals surface area contributed by atoms with Crippen LogP contribution in [0, 0.1) is 20.2 Å². The third-order valence-electron chi connectivity index (χ3n) is 2.41. The van der Waals surface area contributed by atoms with Crippen molar-refractivity contribution in [2.24, 2.45) is 0 Å². The Balaban J connectivity index is 1.75. The normalized spacial score (nSPS) is 10.7. The van der Waals surface area contributed by atoms with E-state index in [4.69, 9.17) is 4.74 Å². The number of nitrogens with zero attached hydrogens (tertiary/aromatic N) is 8. The molecule has 2 aromatic rings. The van der Waals surface area contributed by atoms with E-state index >= 15 is 0 Å². The summed E-state index contributed by atoms with van der Waals surface area (Å²) in [4.78, 5) is 26.9. The summed E-state index contributed by atoms with van der Waals surface area (Å²) in [6.45, 7) is 0.588. The lowest BCUT2D eigenvalue weighted by Gasteiger charge is -2.02. The maximum Gasteiger partial charge on any atom is 0.455 e. The molecule has 0 bridgehead atoms. The van der Waals surface area contributed by atoms with E-state index in [1.54, 1.807) is 0 Å². The molecule has 0 amide bonds. The number of ether oxygens (including phenoxy) is 1. The fourth-order valence-electron chi connectivity index (χ4n) is 1.52. The standard InChI is InChI=1S/C8H10N8O5/c17-15(18)7-9-5-11-13(7)1-3-21-4-2-14-8(16(19)20)10-6-12-14/h5-6H,1-4H2. The average molecular weight is 298 g/mol. The zero-order valence-electron chi connectivity index (χ0n) is 10.6. The highest BCUT2D eigenvalue weighted by Crippen LogP contribution is 2.05. The molecule has 13 nitrogen and oxygen atoms in total. The summed E-state index contributed by atoms with van der Waals surface area (Å²) in [5.41, 5.74) is 0. The van der Waals surface area contributed by atoms with Gasteiger partial charge in [0.15, 0.2) is 0 Å². The molecule has 0 saturated carbocycles. The van der Waals surface area contributed by atoms with Gasteiger partial charge in [-0.15, -0.1) is 9.36 Å². The number of hydrogen-bond donors (Lipinski definition) is 0. The Morgan fingerprint density at radius 2 is 1.38 bits per heavy atom. The van der Waals surface area contributed by atoms with Gasteiger partial charge in [-0.05, 0) is 9.85 Å². The van der Waals surface area contributed by atoms with Crippen LogP contribution in [-0.4, -0.2) is 52.6 Å². The summed E-state index contributed by atoms with van der Waals surface area (Å²) in [7, 11) is 0. The Hall–Kier alpha value is -2.96. The molecule has 112 valence electrons. The Morgan fingerprint density at radius 3 is 1.76 bits per heavy atom. The largest absolute Gasteiger partial charge is 0.455 e. The summed E-state index contributed by atoms with van der Waals surface area (Å²) in [6, 6.07) is 0. The maximum atomic E-state index is 10.6. The molecule has 0 radical (unpaired) electrons. The van der Waals surface area contributed by atoms with Gasteiger partial charge in [0.25, 0.3) is 0 Å². The van der Waals surface area contributed by atoms with Gasteiger partial charge in [0.2, 0.25) is 12.7 Å². The van der Waals surface area contributed by atoms with Crippen molar-refractivity contribution in [3.63, 3.8) is 0 Å². The zero-order chi connectivity index (χ0) is 15.2. The van der Waals surface area contributed by atoms with Crippen molar-refractivity contribution in [1.82, 2.24) is 29.5 Å². The van der Waals surface area contributed by atoms with Crippen LogP contribution in [0.3, 0.4) is 0 Å². The second-order valence-corrected chi connectivity index (χ2v) is 3.69. The number of aromatic nitrogens is 6. The molecule has 0 aliphatic rings. The third kappa shape index (κ3) is 3.53. The maximum absolute atomic E-state index is 10.6. The van der Waals surface area contributed by atoms with Crippen molar-refractivity contribution < 1.29 is 14.6 Å². The van der Waals surface area contributed by atoms with Crippen LogP contribution < -0.4 is 0 Å². The van der Waals surface area contributed by atoms with Crippen molar-refractivity contribution in [2.45, 2.75) is 13.1 Å². The minimum absolute atomic E-state index is 0.146. The van der Waals surface area contributed by atoms with Crippen LogP contribution in [0.15, 0.2) is 12.7 Å². The lowest BCUT2D eigenvalue weighted by molar-refractivity contribution is -0.397. The van der Waals surface area contributed by atoms with Gasteiger partial charge in [0.05, 0.1) is 13.2 Å². The van der Waals surface area contributed by atoms with Gasteiger partial charge < -0.3 is 25.0 Å². The van der Waals surface area contributed by atoms with E-state index in [-0.39, 0.29) is 38.2 Å². The van der Waals surface area contributed by atoms with Crippen LogP contribution in [0.5, 0.6) is 0 Å². The fourth-order valence-corrected chi connectivity index (χ4v) is 1.52. The zero-order valence-corrected chi connectivity index (χ0v) is 10.6. The molecule has 0 unspecified atom stereocenters. The molecule has 0 saturated heterocycles. The Morgan fingerprint density at radius 1 is 0.952 bits per heavy atom. The average Bonchev–Trinajstić information content (AvgIpc) is 3.06. The Kier molecular flexibility index (Phi) is 4.45. The first-order valence-electron chi connectivity index (χ1n) is 5.71. The van der Waals surface area contributed by atoms with E-state index in [9.17, 15) is 20.2 Å². The van der Waals surface area contributed by atoms with Gasteiger partial charge in [-0.1, -0.05) is 20.2 Å². The minimum Gasteiger partial charge on any atom is -0.390 e. The first kappa shape index (κ1) is 14.4. The molecule has 0 fully saturated rings. The predicted molar refractivity (Wildman–Crippen MR) is 64.2 cm³/mol. The van der Waals surface area contributed by atoms with E-state index in [2.05, 4.69) is 20.2 Å². The highest BCUT2D eigenvalue weighted by Gasteiger charge is 2.17. The Bertz CT molecular complexity index is 582. The lowest BCUT2D eigenvalue weighted by Crippen LogP contribution is -2.14. The number of rotatable bonds is 8.